The van der Waals surface area contributed by atoms with Gasteiger partial charge in [-0.2, -0.15) is 0 Å². The Labute approximate surface area is 99.0 Å². The predicted molar refractivity (Wildman–Crippen MR) is 67.7 cm³/mol. The van der Waals surface area contributed by atoms with Crippen LogP contribution in [0.3, 0.4) is 0 Å². The summed E-state index contributed by atoms with van der Waals surface area (Å²) in [5.41, 5.74) is 6.77. The molecule has 0 aliphatic rings. The molecule has 0 unspecified atom stereocenters. The SMILES string of the molecule is CCCOc1ccc(I)cc1CCN. The van der Waals surface area contributed by atoms with E-state index in [0.717, 1.165) is 25.2 Å². The average Bonchev–Trinajstić information content (AvgIpc) is 2.17. The van der Waals surface area contributed by atoms with Gasteiger partial charge in [-0.1, -0.05) is 6.92 Å². The standard InChI is InChI=1S/C11H16INO/c1-2-7-14-11-4-3-10(12)8-9(11)5-6-13/h3-4,8H,2,5-7,13H2,1H3. The predicted octanol–water partition coefficient (Wildman–Crippen LogP) is 2.58. The molecule has 0 radical (unpaired) electrons. The quantitative estimate of drug-likeness (QED) is 0.849. The minimum absolute atomic E-state index is 0.669. The van der Waals surface area contributed by atoms with Crippen LogP contribution >= 0.6 is 22.6 Å². The van der Waals surface area contributed by atoms with Gasteiger partial charge in [-0.05, 0) is 65.7 Å². The molecule has 2 N–H and O–H groups in total. The Balaban J connectivity index is 2.78. The molecule has 0 saturated carbocycles. The van der Waals surface area contributed by atoms with E-state index in [1.54, 1.807) is 0 Å². The van der Waals surface area contributed by atoms with Crippen molar-refractivity contribution in [2.45, 2.75) is 19.8 Å². The summed E-state index contributed by atoms with van der Waals surface area (Å²) in [6.07, 6.45) is 1.92. The molecule has 1 aromatic rings. The summed E-state index contributed by atoms with van der Waals surface area (Å²) in [7, 11) is 0. The van der Waals surface area contributed by atoms with Crippen molar-refractivity contribution in [2.24, 2.45) is 5.73 Å². The van der Waals surface area contributed by atoms with Crippen molar-refractivity contribution in [2.75, 3.05) is 13.2 Å². The number of hydrogen-bond donors (Lipinski definition) is 1. The van der Waals surface area contributed by atoms with Crippen molar-refractivity contribution in [1.29, 1.82) is 0 Å². The first-order valence-electron chi connectivity index (χ1n) is 4.89. The topological polar surface area (TPSA) is 35.2 Å². The van der Waals surface area contributed by atoms with Crippen LogP contribution in [0.5, 0.6) is 5.75 Å². The van der Waals surface area contributed by atoms with Crippen molar-refractivity contribution in [3.8, 4) is 5.75 Å². The second kappa shape index (κ2) is 6.24. The van der Waals surface area contributed by atoms with Crippen LogP contribution < -0.4 is 10.5 Å². The molecule has 0 saturated heterocycles. The molecule has 2 nitrogen and oxygen atoms in total. The van der Waals surface area contributed by atoms with Crippen LogP contribution in [0.2, 0.25) is 0 Å². The summed E-state index contributed by atoms with van der Waals surface area (Å²) in [6.45, 7) is 3.55. The Hall–Kier alpha value is -0.290. The number of hydrogen-bond acceptors (Lipinski definition) is 2. The lowest BCUT2D eigenvalue weighted by atomic mass is 10.1. The highest BCUT2D eigenvalue weighted by Crippen LogP contribution is 2.21. The van der Waals surface area contributed by atoms with Crippen LogP contribution in [0.1, 0.15) is 18.9 Å². The molecular formula is C11H16INO. The summed E-state index contributed by atoms with van der Waals surface area (Å²) in [5.74, 6) is 0.984. The van der Waals surface area contributed by atoms with Gasteiger partial charge in [-0.3, -0.25) is 0 Å². The summed E-state index contributed by atoms with van der Waals surface area (Å²) in [6, 6.07) is 6.23. The van der Waals surface area contributed by atoms with Gasteiger partial charge in [0.25, 0.3) is 0 Å². The summed E-state index contributed by atoms with van der Waals surface area (Å²) >= 11 is 2.30. The minimum atomic E-state index is 0.669. The van der Waals surface area contributed by atoms with E-state index in [1.165, 1.54) is 9.13 Å². The fourth-order valence-electron chi connectivity index (χ4n) is 1.25. The Morgan fingerprint density at radius 1 is 1.43 bits per heavy atom. The summed E-state index contributed by atoms with van der Waals surface area (Å²) in [5, 5.41) is 0. The molecule has 78 valence electrons. The van der Waals surface area contributed by atoms with E-state index >= 15 is 0 Å². The fraction of sp³-hybridized carbons (Fsp3) is 0.455. The Morgan fingerprint density at radius 2 is 2.21 bits per heavy atom. The maximum absolute atomic E-state index is 5.63. The highest BCUT2D eigenvalue weighted by Gasteiger charge is 2.03. The zero-order valence-electron chi connectivity index (χ0n) is 8.42. The molecule has 1 aromatic carbocycles. The third kappa shape index (κ3) is 3.46. The first-order chi connectivity index (χ1) is 6.77. The van der Waals surface area contributed by atoms with Crippen molar-refractivity contribution < 1.29 is 4.74 Å². The molecule has 0 bridgehead atoms. The molecule has 0 aromatic heterocycles. The highest BCUT2D eigenvalue weighted by atomic mass is 127. The van der Waals surface area contributed by atoms with Crippen molar-refractivity contribution in [3.05, 3.63) is 27.3 Å². The van der Waals surface area contributed by atoms with E-state index in [9.17, 15) is 0 Å². The smallest absolute Gasteiger partial charge is 0.122 e. The van der Waals surface area contributed by atoms with Crippen LogP contribution in [-0.4, -0.2) is 13.2 Å². The van der Waals surface area contributed by atoms with Crippen LogP contribution in [-0.2, 0) is 6.42 Å². The van der Waals surface area contributed by atoms with Gasteiger partial charge in [0.15, 0.2) is 0 Å². The van der Waals surface area contributed by atoms with E-state index in [-0.39, 0.29) is 0 Å². The zero-order valence-corrected chi connectivity index (χ0v) is 10.6. The lowest BCUT2D eigenvalue weighted by Crippen LogP contribution is -2.06. The van der Waals surface area contributed by atoms with E-state index in [0.29, 0.717) is 6.54 Å². The van der Waals surface area contributed by atoms with E-state index in [2.05, 4.69) is 41.6 Å². The Kier molecular flexibility index (Phi) is 5.25. The second-order valence-electron chi connectivity index (χ2n) is 3.14. The Bertz CT molecular complexity index is 289. The van der Waals surface area contributed by atoms with Gasteiger partial charge < -0.3 is 10.5 Å². The lowest BCUT2D eigenvalue weighted by molar-refractivity contribution is 0.314. The third-order valence-electron chi connectivity index (χ3n) is 1.90. The molecule has 0 atom stereocenters. The van der Waals surface area contributed by atoms with Gasteiger partial charge in [-0.15, -0.1) is 0 Å². The Morgan fingerprint density at radius 3 is 2.86 bits per heavy atom. The fourth-order valence-corrected chi connectivity index (χ4v) is 1.81. The minimum Gasteiger partial charge on any atom is -0.493 e. The van der Waals surface area contributed by atoms with Gasteiger partial charge in [-0.25, -0.2) is 0 Å². The molecule has 0 aliphatic carbocycles. The van der Waals surface area contributed by atoms with Gasteiger partial charge in [0.05, 0.1) is 6.61 Å². The maximum atomic E-state index is 5.63. The average molecular weight is 305 g/mol. The van der Waals surface area contributed by atoms with E-state index in [1.807, 2.05) is 6.07 Å². The van der Waals surface area contributed by atoms with Crippen LogP contribution in [0, 0.1) is 3.57 Å². The largest absolute Gasteiger partial charge is 0.493 e. The lowest BCUT2D eigenvalue weighted by Gasteiger charge is -2.10. The van der Waals surface area contributed by atoms with Gasteiger partial charge >= 0.3 is 0 Å². The molecule has 3 heteroatoms. The molecule has 0 fully saturated rings. The van der Waals surface area contributed by atoms with Crippen LogP contribution in [0.4, 0.5) is 0 Å². The van der Waals surface area contributed by atoms with Crippen molar-refractivity contribution in [3.63, 3.8) is 0 Å². The number of halogens is 1. The molecule has 0 aliphatic heterocycles. The zero-order chi connectivity index (χ0) is 10.4. The molecule has 0 amide bonds. The van der Waals surface area contributed by atoms with Gasteiger partial charge in [0, 0.05) is 3.57 Å². The second-order valence-corrected chi connectivity index (χ2v) is 4.38. The number of rotatable bonds is 5. The van der Waals surface area contributed by atoms with E-state index < -0.39 is 0 Å². The third-order valence-corrected chi connectivity index (χ3v) is 2.57. The van der Waals surface area contributed by atoms with Crippen molar-refractivity contribution in [1.82, 2.24) is 0 Å². The molecule has 1 rings (SSSR count). The van der Waals surface area contributed by atoms with E-state index in [4.69, 9.17) is 10.5 Å². The molecule has 0 heterocycles. The first-order valence-corrected chi connectivity index (χ1v) is 5.97. The number of nitrogens with two attached hydrogens (primary N) is 1. The monoisotopic (exact) mass is 305 g/mol. The molecular weight excluding hydrogens is 289 g/mol. The first kappa shape index (κ1) is 11.8. The number of ether oxygens (including phenoxy) is 1. The molecule has 0 spiro atoms. The van der Waals surface area contributed by atoms with Crippen LogP contribution in [0.25, 0.3) is 0 Å². The van der Waals surface area contributed by atoms with Gasteiger partial charge in [0.1, 0.15) is 5.75 Å². The van der Waals surface area contributed by atoms with Crippen molar-refractivity contribution >= 4 is 22.6 Å². The highest BCUT2D eigenvalue weighted by molar-refractivity contribution is 14.1. The van der Waals surface area contributed by atoms with Crippen LogP contribution in [0.15, 0.2) is 18.2 Å². The molecule has 14 heavy (non-hydrogen) atoms. The maximum Gasteiger partial charge on any atom is 0.122 e. The normalized spacial score (nSPS) is 10.2. The number of benzene rings is 1. The van der Waals surface area contributed by atoms with Gasteiger partial charge in [0.2, 0.25) is 0 Å². The summed E-state index contributed by atoms with van der Waals surface area (Å²) in [4.78, 5) is 0. The summed E-state index contributed by atoms with van der Waals surface area (Å²) < 4.78 is 6.87.